The Morgan fingerprint density at radius 1 is 1.08 bits per heavy atom. The van der Waals surface area contributed by atoms with Crippen LogP contribution in [0.5, 0.6) is 0 Å². The second-order valence-electron chi connectivity index (χ2n) is 5.23. The van der Waals surface area contributed by atoms with Gasteiger partial charge in [-0.15, -0.1) is 0 Å². The third-order valence-corrected chi connectivity index (χ3v) is 5.43. The fourth-order valence-electron chi connectivity index (χ4n) is 2.20. The second kappa shape index (κ2) is 8.31. The van der Waals surface area contributed by atoms with E-state index in [9.17, 15) is 13.2 Å². The van der Waals surface area contributed by atoms with Crippen LogP contribution < -0.4 is 5.73 Å². The van der Waals surface area contributed by atoms with E-state index in [0.29, 0.717) is 12.1 Å². The number of hydrogen-bond donors (Lipinski definition) is 1. The highest BCUT2D eigenvalue weighted by atomic mass is 79.9. The normalized spacial score (nSPS) is 13.4. The Hall–Kier alpha value is -0.720. The minimum atomic E-state index is -4.51. The first-order valence-corrected chi connectivity index (χ1v) is 8.94. The van der Waals surface area contributed by atoms with Crippen LogP contribution in [0.25, 0.3) is 6.08 Å². The summed E-state index contributed by atoms with van der Waals surface area (Å²) in [6, 6.07) is 7.49. The maximum absolute atomic E-state index is 13.5. The molecule has 0 saturated heterocycles. The van der Waals surface area contributed by atoms with E-state index in [1.54, 1.807) is 18.2 Å². The predicted molar refractivity (Wildman–Crippen MR) is 101 cm³/mol. The Labute approximate surface area is 166 Å². The number of allylic oxidation sites excluding steroid dienone is 1. The summed E-state index contributed by atoms with van der Waals surface area (Å²) in [5, 5.41) is -0.0259. The highest BCUT2D eigenvalue weighted by molar-refractivity contribution is 9.10. The van der Waals surface area contributed by atoms with Crippen LogP contribution in [0.1, 0.15) is 22.6 Å². The van der Waals surface area contributed by atoms with Crippen molar-refractivity contribution in [2.75, 3.05) is 0 Å². The van der Waals surface area contributed by atoms with Gasteiger partial charge in [0.1, 0.15) is 0 Å². The molecule has 25 heavy (non-hydrogen) atoms. The Bertz CT molecular complexity index is 783. The number of halogens is 7. The van der Waals surface area contributed by atoms with E-state index >= 15 is 0 Å². The fraction of sp³-hybridized carbons (Fsp3) is 0.176. The molecule has 0 spiro atoms. The number of hydrogen-bond acceptors (Lipinski definition) is 1. The molecule has 0 amide bonds. The summed E-state index contributed by atoms with van der Waals surface area (Å²) in [6.45, 7) is 0.331. The SMILES string of the molecule is NCc1ccc(/C=C/C(c2cc(Cl)c(Cl)c(Cl)c2)C(F)(F)F)cc1Br. The summed E-state index contributed by atoms with van der Waals surface area (Å²) < 4.78 is 41.2. The van der Waals surface area contributed by atoms with Crippen LogP contribution in [0.3, 0.4) is 0 Å². The van der Waals surface area contributed by atoms with Crippen molar-refractivity contribution >= 4 is 56.8 Å². The molecule has 1 atom stereocenters. The molecular weight excluding hydrogens is 461 g/mol. The third kappa shape index (κ3) is 5.14. The highest BCUT2D eigenvalue weighted by Gasteiger charge is 2.39. The average molecular weight is 474 g/mol. The number of rotatable bonds is 4. The van der Waals surface area contributed by atoms with Crippen molar-refractivity contribution in [1.29, 1.82) is 0 Å². The van der Waals surface area contributed by atoms with Gasteiger partial charge in [0.25, 0.3) is 0 Å². The molecule has 134 valence electrons. The first kappa shape index (κ1) is 20.6. The van der Waals surface area contributed by atoms with Gasteiger partial charge in [0.2, 0.25) is 0 Å². The van der Waals surface area contributed by atoms with Crippen LogP contribution in [-0.2, 0) is 6.54 Å². The van der Waals surface area contributed by atoms with Crippen molar-refractivity contribution in [2.45, 2.75) is 18.6 Å². The maximum atomic E-state index is 13.5. The standard InChI is InChI=1S/C17H12BrCl3F3N/c18-13-5-9(1-3-10(13)8-25)2-4-12(17(22,23)24)11-6-14(19)16(21)15(20)7-11/h1-7,12H,8,25H2/b4-2+. The van der Waals surface area contributed by atoms with Gasteiger partial charge in [-0.2, -0.15) is 13.2 Å². The summed E-state index contributed by atoms with van der Waals surface area (Å²) in [6.07, 6.45) is -2.06. The minimum Gasteiger partial charge on any atom is -0.326 e. The van der Waals surface area contributed by atoms with E-state index < -0.39 is 12.1 Å². The molecule has 0 heterocycles. The Morgan fingerprint density at radius 2 is 1.68 bits per heavy atom. The first-order valence-electron chi connectivity index (χ1n) is 7.01. The first-order chi connectivity index (χ1) is 11.6. The summed E-state index contributed by atoms with van der Waals surface area (Å²) in [5.41, 5.74) is 6.94. The van der Waals surface area contributed by atoms with Gasteiger partial charge in [0.05, 0.1) is 21.0 Å². The van der Waals surface area contributed by atoms with Gasteiger partial charge < -0.3 is 5.73 Å². The van der Waals surface area contributed by atoms with E-state index in [2.05, 4.69) is 15.9 Å². The van der Waals surface area contributed by atoms with E-state index in [0.717, 1.165) is 16.1 Å². The van der Waals surface area contributed by atoms with Gasteiger partial charge in [0, 0.05) is 11.0 Å². The van der Waals surface area contributed by atoms with Gasteiger partial charge in [-0.25, -0.2) is 0 Å². The molecule has 1 nitrogen and oxygen atoms in total. The molecule has 2 N–H and O–H groups in total. The molecule has 0 aromatic heterocycles. The number of nitrogens with two attached hydrogens (primary N) is 1. The minimum absolute atomic E-state index is 0.0261. The topological polar surface area (TPSA) is 26.0 Å². The molecule has 2 rings (SSSR count). The van der Waals surface area contributed by atoms with Crippen LogP contribution in [0.2, 0.25) is 15.1 Å². The van der Waals surface area contributed by atoms with Gasteiger partial charge in [-0.3, -0.25) is 0 Å². The van der Waals surface area contributed by atoms with Gasteiger partial charge >= 0.3 is 6.18 Å². The molecular formula is C17H12BrCl3F3N. The molecule has 2 aromatic carbocycles. The van der Waals surface area contributed by atoms with Gasteiger partial charge in [-0.1, -0.05) is 75.0 Å². The lowest BCUT2D eigenvalue weighted by molar-refractivity contribution is -0.139. The van der Waals surface area contributed by atoms with E-state index in [1.807, 2.05) is 0 Å². The number of benzene rings is 2. The largest absolute Gasteiger partial charge is 0.399 e. The summed E-state index contributed by atoms with van der Waals surface area (Å²) >= 11 is 20.9. The average Bonchev–Trinajstić information content (AvgIpc) is 2.51. The molecule has 0 aliphatic rings. The molecule has 2 aromatic rings. The van der Waals surface area contributed by atoms with E-state index in [-0.39, 0.29) is 20.6 Å². The zero-order valence-corrected chi connectivity index (χ0v) is 16.4. The van der Waals surface area contributed by atoms with Crippen molar-refractivity contribution in [2.24, 2.45) is 5.73 Å². The van der Waals surface area contributed by atoms with Crippen molar-refractivity contribution in [3.05, 3.63) is 72.6 Å². The molecule has 0 bridgehead atoms. The van der Waals surface area contributed by atoms with Crippen molar-refractivity contribution in [3.8, 4) is 0 Å². The Morgan fingerprint density at radius 3 is 2.16 bits per heavy atom. The van der Waals surface area contributed by atoms with Crippen LogP contribution in [0.15, 0.2) is 40.9 Å². The lowest BCUT2D eigenvalue weighted by Gasteiger charge is -2.18. The summed E-state index contributed by atoms with van der Waals surface area (Å²) in [4.78, 5) is 0. The summed E-state index contributed by atoms with van der Waals surface area (Å²) in [7, 11) is 0. The number of alkyl halides is 3. The van der Waals surface area contributed by atoms with Crippen molar-refractivity contribution in [3.63, 3.8) is 0 Å². The Balaban J connectivity index is 2.41. The van der Waals surface area contributed by atoms with E-state index in [4.69, 9.17) is 40.5 Å². The molecule has 0 aliphatic heterocycles. The van der Waals surface area contributed by atoms with E-state index in [1.165, 1.54) is 18.2 Å². The van der Waals surface area contributed by atoms with Gasteiger partial charge in [-0.05, 0) is 34.9 Å². The summed E-state index contributed by atoms with van der Waals surface area (Å²) in [5.74, 6) is -1.87. The highest BCUT2D eigenvalue weighted by Crippen LogP contribution is 2.41. The van der Waals surface area contributed by atoms with Gasteiger partial charge in [0.15, 0.2) is 0 Å². The third-order valence-electron chi connectivity index (χ3n) is 3.50. The lowest BCUT2D eigenvalue weighted by atomic mass is 9.97. The quantitative estimate of drug-likeness (QED) is 0.466. The molecule has 0 saturated carbocycles. The van der Waals surface area contributed by atoms with Crippen LogP contribution in [-0.4, -0.2) is 6.18 Å². The zero-order chi connectivity index (χ0) is 18.8. The molecule has 0 fully saturated rings. The zero-order valence-electron chi connectivity index (χ0n) is 12.5. The van der Waals surface area contributed by atoms with Crippen LogP contribution in [0.4, 0.5) is 13.2 Å². The van der Waals surface area contributed by atoms with Crippen LogP contribution >= 0.6 is 50.7 Å². The monoisotopic (exact) mass is 471 g/mol. The Kier molecular flexibility index (Phi) is 6.85. The molecule has 0 aliphatic carbocycles. The van der Waals surface area contributed by atoms with Crippen LogP contribution in [0, 0.1) is 0 Å². The maximum Gasteiger partial charge on any atom is 0.399 e. The molecule has 1 unspecified atom stereocenters. The fourth-order valence-corrected chi connectivity index (χ4v) is 3.38. The van der Waals surface area contributed by atoms with Crippen molar-refractivity contribution in [1.82, 2.24) is 0 Å². The van der Waals surface area contributed by atoms with Crippen molar-refractivity contribution < 1.29 is 13.2 Å². The second-order valence-corrected chi connectivity index (χ2v) is 7.28. The lowest BCUT2D eigenvalue weighted by Crippen LogP contribution is -2.19. The smallest absolute Gasteiger partial charge is 0.326 e. The predicted octanol–water partition coefficient (Wildman–Crippen LogP) is 7.23. The molecule has 0 radical (unpaired) electrons. The molecule has 8 heteroatoms.